The lowest BCUT2D eigenvalue weighted by atomic mass is 9.92. The van der Waals surface area contributed by atoms with Gasteiger partial charge in [0, 0.05) is 35.9 Å². The fraction of sp³-hybridized carbons (Fsp3) is 0.471. The minimum absolute atomic E-state index is 0.140. The highest BCUT2D eigenvalue weighted by Crippen LogP contribution is 2.26. The fourth-order valence-corrected chi connectivity index (χ4v) is 3.32. The van der Waals surface area contributed by atoms with E-state index in [1.54, 1.807) is 0 Å². The largest absolute Gasteiger partial charge is 0.399 e. The van der Waals surface area contributed by atoms with Crippen molar-refractivity contribution in [3.05, 3.63) is 30.0 Å². The molecule has 1 fully saturated rings. The number of aromatic nitrogens is 1. The van der Waals surface area contributed by atoms with Crippen LogP contribution in [0, 0.1) is 5.92 Å². The molecule has 3 N–H and O–H groups in total. The van der Waals surface area contributed by atoms with Gasteiger partial charge in [0.2, 0.25) is 0 Å². The number of aromatic amines is 1. The first-order chi connectivity index (χ1) is 10.2. The maximum Gasteiger partial charge on any atom is 0.256 e. The Kier molecular flexibility index (Phi) is 3.86. The number of nitrogen functional groups attached to an aromatic ring is 1. The predicted molar refractivity (Wildman–Crippen MR) is 86.2 cm³/mol. The van der Waals surface area contributed by atoms with E-state index in [1.807, 2.05) is 29.3 Å². The number of piperidine rings is 1. The molecule has 112 valence electrons. The van der Waals surface area contributed by atoms with Crippen molar-refractivity contribution in [2.45, 2.75) is 32.6 Å². The molecule has 0 bridgehead atoms. The molecule has 0 unspecified atom stereocenters. The lowest BCUT2D eigenvalue weighted by Gasteiger charge is -2.31. The Hall–Kier alpha value is -1.97. The Morgan fingerprint density at radius 2 is 2.14 bits per heavy atom. The van der Waals surface area contributed by atoms with Crippen molar-refractivity contribution in [2.24, 2.45) is 5.92 Å². The molecular formula is C17H23N3O. The number of anilines is 1. The molecular weight excluding hydrogens is 262 g/mol. The number of benzene rings is 1. The summed E-state index contributed by atoms with van der Waals surface area (Å²) in [5.74, 6) is 0.933. The molecule has 4 heteroatoms. The number of amides is 1. The first kappa shape index (κ1) is 14.0. The summed E-state index contributed by atoms with van der Waals surface area (Å²) < 4.78 is 0. The third-order valence-electron chi connectivity index (χ3n) is 4.53. The average Bonchev–Trinajstić information content (AvgIpc) is 2.90. The van der Waals surface area contributed by atoms with Crippen molar-refractivity contribution in [1.82, 2.24) is 9.88 Å². The topological polar surface area (TPSA) is 62.1 Å². The van der Waals surface area contributed by atoms with Crippen molar-refractivity contribution in [3.63, 3.8) is 0 Å². The van der Waals surface area contributed by atoms with Gasteiger partial charge in [-0.3, -0.25) is 4.79 Å². The molecule has 1 aromatic carbocycles. The Labute approximate surface area is 125 Å². The molecule has 0 saturated carbocycles. The van der Waals surface area contributed by atoms with Gasteiger partial charge in [0.25, 0.3) is 5.91 Å². The number of nitrogens with zero attached hydrogens (tertiary/aromatic N) is 1. The van der Waals surface area contributed by atoms with Crippen molar-refractivity contribution in [2.75, 3.05) is 18.8 Å². The highest BCUT2D eigenvalue weighted by Gasteiger charge is 2.24. The minimum Gasteiger partial charge on any atom is -0.399 e. The number of hydrogen-bond donors (Lipinski definition) is 2. The molecule has 1 aliphatic rings. The molecule has 1 saturated heterocycles. The van der Waals surface area contributed by atoms with Gasteiger partial charge in [-0.2, -0.15) is 0 Å². The van der Waals surface area contributed by atoms with Crippen LogP contribution in [0.25, 0.3) is 10.9 Å². The number of likely N-dealkylation sites (tertiary alicyclic amines) is 1. The number of nitrogens with two attached hydrogens (primary N) is 1. The number of fused-ring (bicyclic) bond motifs is 1. The van der Waals surface area contributed by atoms with Crippen LogP contribution in [0.5, 0.6) is 0 Å². The molecule has 1 aliphatic heterocycles. The average molecular weight is 285 g/mol. The second kappa shape index (κ2) is 5.80. The van der Waals surface area contributed by atoms with Crippen LogP contribution >= 0.6 is 0 Å². The van der Waals surface area contributed by atoms with E-state index < -0.39 is 0 Å². The molecule has 3 rings (SSSR count). The van der Waals surface area contributed by atoms with Crippen molar-refractivity contribution >= 4 is 22.5 Å². The Balaban J connectivity index is 1.76. The molecule has 21 heavy (non-hydrogen) atoms. The second-order valence-electron chi connectivity index (χ2n) is 6.03. The van der Waals surface area contributed by atoms with Crippen LogP contribution in [0.4, 0.5) is 5.69 Å². The summed E-state index contributed by atoms with van der Waals surface area (Å²) in [6, 6.07) is 5.65. The summed E-state index contributed by atoms with van der Waals surface area (Å²) >= 11 is 0. The number of H-pyrrole nitrogens is 1. The van der Waals surface area contributed by atoms with Crippen LogP contribution < -0.4 is 5.73 Å². The monoisotopic (exact) mass is 285 g/mol. The first-order valence-electron chi connectivity index (χ1n) is 7.85. The van der Waals surface area contributed by atoms with Crippen LogP contribution in [0.15, 0.2) is 24.4 Å². The third kappa shape index (κ3) is 2.75. The Morgan fingerprint density at radius 3 is 2.86 bits per heavy atom. The minimum atomic E-state index is 0.140. The normalized spacial score (nSPS) is 16.5. The second-order valence-corrected chi connectivity index (χ2v) is 6.03. The summed E-state index contributed by atoms with van der Waals surface area (Å²) in [6.07, 6.45) is 6.60. The lowest BCUT2D eigenvalue weighted by molar-refractivity contribution is 0.0688. The van der Waals surface area contributed by atoms with E-state index in [2.05, 4.69) is 11.9 Å². The van der Waals surface area contributed by atoms with E-state index in [-0.39, 0.29) is 5.91 Å². The van der Waals surface area contributed by atoms with E-state index in [4.69, 9.17) is 5.73 Å². The standard InChI is InChI=1S/C17H23N3O/c1-2-3-12-6-8-20(9-7-12)17(21)15-11-19-16-10-13(18)4-5-14(15)16/h4-5,10-12,19H,2-3,6-9,18H2,1H3. The van der Waals surface area contributed by atoms with E-state index in [1.165, 1.54) is 12.8 Å². The Bertz CT molecular complexity index is 639. The molecule has 1 amide bonds. The van der Waals surface area contributed by atoms with Gasteiger partial charge in [0.05, 0.1) is 5.56 Å². The fourth-order valence-electron chi connectivity index (χ4n) is 3.32. The number of carbonyl (C=O) groups excluding carboxylic acids is 1. The number of rotatable bonds is 3. The van der Waals surface area contributed by atoms with E-state index in [9.17, 15) is 4.79 Å². The summed E-state index contributed by atoms with van der Waals surface area (Å²) in [4.78, 5) is 17.8. The first-order valence-corrected chi connectivity index (χ1v) is 7.85. The van der Waals surface area contributed by atoms with Crippen LogP contribution in [0.3, 0.4) is 0 Å². The summed E-state index contributed by atoms with van der Waals surface area (Å²) in [5, 5.41) is 0.963. The molecule has 1 aromatic heterocycles. The van der Waals surface area contributed by atoms with Crippen LogP contribution in [0.2, 0.25) is 0 Å². The van der Waals surface area contributed by atoms with Gasteiger partial charge >= 0.3 is 0 Å². The van der Waals surface area contributed by atoms with Gasteiger partial charge in [-0.25, -0.2) is 0 Å². The van der Waals surface area contributed by atoms with Crippen LogP contribution in [0.1, 0.15) is 43.0 Å². The zero-order valence-corrected chi connectivity index (χ0v) is 12.6. The van der Waals surface area contributed by atoms with Crippen LogP contribution in [-0.4, -0.2) is 28.9 Å². The van der Waals surface area contributed by atoms with Gasteiger partial charge in [-0.15, -0.1) is 0 Å². The summed E-state index contributed by atoms with van der Waals surface area (Å²) in [5.41, 5.74) is 8.18. The molecule has 2 heterocycles. The SMILES string of the molecule is CCCC1CCN(C(=O)c2c[nH]c3cc(N)ccc23)CC1. The zero-order valence-electron chi connectivity index (χ0n) is 12.6. The lowest BCUT2D eigenvalue weighted by Crippen LogP contribution is -2.38. The molecule has 0 atom stereocenters. The quantitative estimate of drug-likeness (QED) is 0.849. The zero-order chi connectivity index (χ0) is 14.8. The predicted octanol–water partition coefficient (Wildman–Crippen LogP) is 3.40. The van der Waals surface area contributed by atoms with Crippen molar-refractivity contribution < 1.29 is 4.79 Å². The van der Waals surface area contributed by atoms with Crippen molar-refractivity contribution in [3.8, 4) is 0 Å². The van der Waals surface area contributed by atoms with E-state index in [0.29, 0.717) is 5.69 Å². The molecule has 0 radical (unpaired) electrons. The maximum absolute atomic E-state index is 12.7. The smallest absolute Gasteiger partial charge is 0.256 e. The molecule has 0 aliphatic carbocycles. The molecule has 2 aromatic rings. The number of carbonyl (C=O) groups is 1. The van der Waals surface area contributed by atoms with Gasteiger partial charge < -0.3 is 15.6 Å². The Morgan fingerprint density at radius 1 is 1.38 bits per heavy atom. The highest BCUT2D eigenvalue weighted by atomic mass is 16.2. The van der Waals surface area contributed by atoms with Gasteiger partial charge in [0.15, 0.2) is 0 Å². The molecule has 0 spiro atoms. The highest BCUT2D eigenvalue weighted by molar-refractivity contribution is 6.07. The number of nitrogens with one attached hydrogen (secondary N) is 1. The van der Waals surface area contributed by atoms with Gasteiger partial charge in [-0.05, 0) is 37.0 Å². The summed E-state index contributed by atoms with van der Waals surface area (Å²) in [7, 11) is 0. The maximum atomic E-state index is 12.7. The van der Waals surface area contributed by atoms with E-state index >= 15 is 0 Å². The van der Waals surface area contributed by atoms with Gasteiger partial charge in [0.1, 0.15) is 0 Å². The third-order valence-corrected chi connectivity index (χ3v) is 4.53. The molecule has 4 nitrogen and oxygen atoms in total. The van der Waals surface area contributed by atoms with E-state index in [0.717, 1.165) is 48.3 Å². The van der Waals surface area contributed by atoms with Crippen LogP contribution in [-0.2, 0) is 0 Å². The van der Waals surface area contributed by atoms with Gasteiger partial charge in [-0.1, -0.05) is 19.8 Å². The van der Waals surface area contributed by atoms with Crippen molar-refractivity contribution in [1.29, 1.82) is 0 Å². The summed E-state index contributed by atoms with van der Waals surface area (Å²) in [6.45, 7) is 3.99. The number of hydrogen-bond acceptors (Lipinski definition) is 2.